The fourth-order valence-corrected chi connectivity index (χ4v) is 1.34. The van der Waals surface area contributed by atoms with Crippen molar-refractivity contribution in [3.05, 3.63) is 47.5 Å². The summed E-state index contributed by atoms with van der Waals surface area (Å²) in [6.45, 7) is 0.278. The molecule has 1 aromatic heterocycles. The number of hydrogen-bond donors (Lipinski definition) is 3. The second-order valence-corrected chi connectivity index (χ2v) is 3.47. The lowest BCUT2D eigenvalue weighted by molar-refractivity contribution is 0.0950. The maximum Gasteiger partial charge on any atom is 0.251 e. The van der Waals surface area contributed by atoms with Crippen molar-refractivity contribution in [2.75, 3.05) is 0 Å². The number of nitrogens with one attached hydrogen (secondary N) is 2. The molecule has 0 aliphatic carbocycles. The van der Waals surface area contributed by atoms with Gasteiger partial charge in [-0.05, 0) is 17.7 Å². The molecular formula is C11H12N4O2. The van der Waals surface area contributed by atoms with Gasteiger partial charge in [-0.25, -0.2) is 4.98 Å². The van der Waals surface area contributed by atoms with E-state index in [2.05, 4.69) is 20.5 Å². The lowest BCUT2D eigenvalue weighted by Crippen LogP contribution is -2.23. The van der Waals surface area contributed by atoms with Gasteiger partial charge in [0.05, 0.1) is 13.2 Å². The minimum atomic E-state index is -0.189. The minimum Gasteiger partial charge on any atom is -0.392 e. The number of H-pyrrole nitrogens is 1. The fraction of sp³-hybridized carbons (Fsp3) is 0.182. The molecule has 88 valence electrons. The first-order valence-electron chi connectivity index (χ1n) is 5.12. The Labute approximate surface area is 97.7 Å². The van der Waals surface area contributed by atoms with E-state index in [1.54, 1.807) is 24.3 Å². The lowest BCUT2D eigenvalue weighted by Gasteiger charge is -2.03. The number of amides is 1. The Morgan fingerprint density at radius 3 is 2.71 bits per heavy atom. The molecule has 0 bridgehead atoms. The fourth-order valence-electron chi connectivity index (χ4n) is 1.34. The molecule has 6 nitrogen and oxygen atoms in total. The number of carbonyl (C=O) groups is 1. The maximum atomic E-state index is 11.7. The van der Waals surface area contributed by atoms with Crippen LogP contribution in [0.4, 0.5) is 0 Å². The highest BCUT2D eigenvalue weighted by atomic mass is 16.3. The maximum absolute atomic E-state index is 11.7. The van der Waals surface area contributed by atoms with Gasteiger partial charge in [0.2, 0.25) is 0 Å². The summed E-state index contributed by atoms with van der Waals surface area (Å²) in [5.74, 6) is 0.413. The van der Waals surface area contributed by atoms with Crippen molar-refractivity contribution in [3.8, 4) is 0 Å². The van der Waals surface area contributed by atoms with Gasteiger partial charge in [0.25, 0.3) is 5.91 Å². The Morgan fingerprint density at radius 2 is 2.12 bits per heavy atom. The number of benzene rings is 1. The molecule has 0 fully saturated rings. The standard InChI is InChI=1S/C11H12N4O2/c16-6-8-1-3-9(4-2-8)11(17)12-5-10-13-7-14-15-10/h1-4,7,16H,5-6H2,(H,12,17)(H,13,14,15). The van der Waals surface area contributed by atoms with E-state index in [0.29, 0.717) is 17.9 Å². The SMILES string of the molecule is O=C(NCc1ncn[nH]1)c1ccc(CO)cc1. The summed E-state index contributed by atoms with van der Waals surface area (Å²) in [6.07, 6.45) is 1.39. The summed E-state index contributed by atoms with van der Waals surface area (Å²) in [4.78, 5) is 15.6. The highest BCUT2D eigenvalue weighted by molar-refractivity contribution is 5.94. The number of hydrogen-bond acceptors (Lipinski definition) is 4. The summed E-state index contributed by atoms with van der Waals surface area (Å²) in [6, 6.07) is 6.76. The Morgan fingerprint density at radius 1 is 1.35 bits per heavy atom. The van der Waals surface area contributed by atoms with E-state index in [1.807, 2.05) is 0 Å². The third-order valence-corrected chi connectivity index (χ3v) is 2.28. The predicted octanol–water partition coefficient (Wildman–Crippen LogP) is 0.227. The number of rotatable bonds is 4. The average molecular weight is 232 g/mol. The molecule has 0 saturated heterocycles. The Bertz CT molecular complexity index is 479. The highest BCUT2D eigenvalue weighted by Gasteiger charge is 2.05. The molecule has 0 spiro atoms. The van der Waals surface area contributed by atoms with Crippen LogP contribution in [0.3, 0.4) is 0 Å². The average Bonchev–Trinajstić information content (AvgIpc) is 2.89. The van der Waals surface area contributed by atoms with Gasteiger partial charge in [-0.15, -0.1) is 0 Å². The third kappa shape index (κ3) is 2.88. The van der Waals surface area contributed by atoms with Gasteiger partial charge in [0, 0.05) is 5.56 Å². The van der Waals surface area contributed by atoms with E-state index >= 15 is 0 Å². The summed E-state index contributed by atoms with van der Waals surface area (Å²) in [5, 5.41) is 17.9. The molecule has 3 N–H and O–H groups in total. The summed E-state index contributed by atoms with van der Waals surface area (Å²) in [7, 11) is 0. The van der Waals surface area contributed by atoms with Crippen LogP contribution < -0.4 is 5.32 Å². The van der Waals surface area contributed by atoms with Crippen LogP contribution in [0.25, 0.3) is 0 Å². The smallest absolute Gasteiger partial charge is 0.251 e. The van der Waals surface area contributed by atoms with E-state index < -0.39 is 0 Å². The zero-order valence-corrected chi connectivity index (χ0v) is 9.05. The molecular weight excluding hydrogens is 220 g/mol. The Hall–Kier alpha value is -2.21. The van der Waals surface area contributed by atoms with Crippen LogP contribution in [0.2, 0.25) is 0 Å². The number of aliphatic hydroxyl groups excluding tert-OH is 1. The molecule has 0 saturated carbocycles. The van der Waals surface area contributed by atoms with E-state index in [4.69, 9.17) is 5.11 Å². The summed E-state index contributed by atoms with van der Waals surface area (Å²) >= 11 is 0. The van der Waals surface area contributed by atoms with Crippen LogP contribution in [0.1, 0.15) is 21.7 Å². The van der Waals surface area contributed by atoms with Crippen LogP contribution >= 0.6 is 0 Å². The number of nitrogens with zero attached hydrogens (tertiary/aromatic N) is 2. The number of carbonyl (C=O) groups excluding carboxylic acids is 1. The molecule has 0 aliphatic heterocycles. The van der Waals surface area contributed by atoms with Crippen LogP contribution in [-0.2, 0) is 13.2 Å². The third-order valence-electron chi connectivity index (χ3n) is 2.28. The predicted molar refractivity (Wildman–Crippen MR) is 59.9 cm³/mol. The first kappa shape index (κ1) is 11.3. The van der Waals surface area contributed by atoms with Crippen molar-refractivity contribution in [2.24, 2.45) is 0 Å². The monoisotopic (exact) mass is 232 g/mol. The van der Waals surface area contributed by atoms with E-state index in [-0.39, 0.29) is 12.5 Å². The molecule has 2 rings (SSSR count). The van der Waals surface area contributed by atoms with Crippen molar-refractivity contribution in [2.45, 2.75) is 13.2 Å². The van der Waals surface area contributed by atoms with Crippen LogP contribution in [0, 0.1) is 0 Å². The van der Waals surface area contributed by atoms with Gasteiger partial charge in [-0.3, -0.25) is 9.89 Å². The van der Waals surface area contributed by atoms with Gasteiger partial charge in [0.15, 0.2) is 0 Å². The van der Waals surface area contributed by atoms with Gasteiger partial charge in [0.1, 0.15) is 12.2 Å². The van der Waals surface area contributed by atoms with Crippen molar-refractivity contribution >= 4 is 5.91 Å². The molecule has 0 aliphatic rings. The molecule has 2 aromatic rings. The first-order valence-corrected chi connectivity index (χ1v) is 5.12. The second-order valence-electron chi connectivity index (χ2n) is 3.47. The number of aromatic amines is 1. The van der Waals surface area contributed by atoms with E-state index in [9.17, 15) is 4.79 Å². The Kier molecular flexibility index (Phi) is 3.46. The van der Waals surface area contributed by atoms with Gasteiger partial charge in [-0.2, -0.15) is 5.10 Å². The summed E-state index contributed by atoms with van der Waals surface area (Å²) in [5.41, 5.74) is 1.32. The second kappa shape index (κ2) is 5.22. The topological polar surface area (TPSA) is 90.9 Å². The zero-order chi connectivity index (χ0) is 12.1. The van der Waals surface area contributed by atoms with Crippen molar-refractivity contribution in [1.29, 1.82) is 0 Å². The van der Waals surface area contributed by atoms with Crippen LogP contribution in [0.15, 0.2) is 30.6 Å². The van der Waals surface area contributed by atoms with Gasteiger partial charge in [-0.1, -0.05) is 12.1 Å². The van der Waals surface area contributed by atoms with E-state index in [0.717, 1.165) is 5.56 Å². The molecule has 17 heavy (non-hydrogen) atoms. The molecule has 0 radical (unpaired) electrons. The van der Waals surface area contributed by atoms with E-state index in [1.165, 1.54) is 6.33 Å². The normalized spacial score (nSPS) is 10.2. The highest BCUT2D eigenvalue weighted by Crippen LogP contribution is 2.04. The van der Waals surface area contributed by atoms with Crippen LogP contribution in [-0.4, -0.2) is 26.2 Å². The summed E-state index contributed by atoms with van der Waals surface area (Å²) < 4.78 is 0. The molecule has 0 unspecified atom stereocenters. The van der Waals surface area contributed by atoms with Gasteiger partial charge < -0.3 is 10.4 Å². The zero-order valence-electron chi connectivity index (χ0n) is 9.05. The molecule has 1 heterocycles. The Balaban J connectivity index is 1.95. The molecule has 1 amide bonds. The van der Waals surface area contributed by atoms with Crippen LogP contribution in [0.5, 0.6) is 0 Å². The molecule has 0 atom stereocenters. The lowest BCUT2D eigenvalue weighted by atomic mass is 10.1. The number of aliphatic hydroxyl groups is 1. The van der Waals surface area contributed by atoms with Gasteiger partial charge >= 0.3 is 0 Å². The van der Waals surface area contributed by atoms with Crippen molar-refractivity contribution in [3.63, 3.8) is 0 Å². The number of aromatic nitrogens is 3. The molecule has 6 heteroatoms. The minimum absolute atomic E-state index is 0.0278. The van der Waals surface area contributed by atoms with Crippen molar-refractivity contribution < 1.29 is 9.90 Å². The largest absolute Gasteiger partial charge is 0.392 e. The first-order chi connectivity index (χ1) is 8.29. The quantitative estimate of drug-likeness (QED) is 0.703. The molecule has 1 aromatic carbocycles. The van der Waals surface area contributed by atoms with Crippen molar-refractivity contribution in [1.82, 2.24) is 20.5 Å².